The fourth-order valence-corrected chi connectivity index (χ4v) is 7.23. The quantitative estimate of drug-likeness (QED) is 0.117. The predicted octanol–water partition coefficient (Wildman–Crippen LogP) is -1.80. The predicted molar refractivity (Wildman–Crippen MR) is 130 cm³/mol. The average molecular weight is 671 g/mol. The SMILES string of the molecule is Cc1cc(NC(=O)[C@@H]2OC3C(COP(=O)([O-])OP(=O)([O-])OP(=O)([O-])O)OC(n4cnc5c(=S)nc(N)[nH]c54)C3O2)n[nH]1. The minimum atomic E-state index is -6.14. The van der Waals surface area contributed by atoms with Gasteiger partial charge in [0.1, 0.15) is 29.5 Å². The molecular weight excluding hydrogens is 653 g/mol. The summed E-state index contributed by atoms with van der Waals surface area (Å²) in [6.07, 6.45) is -5.21. The van der Waals surface area contributed by atoms with E-state index in [-0.39, 0.29) is 27.6 Å². The van der Waals surface area contributed by atoms with Gasteiger partial charge in [-0.15, -0.1) is 0 Å². The van der Waals surface area contributed by atoms with Crippen LogP contribution in [0.1, 0.15) is 11.9 Å². The lowest BCUT2D eigenvalue weighted by Gasteiger charge is -2.33. The van der Waals surface area contributed by atoms with Crippen LogP contribution in [0.5, 0.6) is 0 Å². The number of H-pyrrole nitrogens is 2. The van der Waals surface area contributed by atoms with E-state index >= 15 is 0 Å². The average Bonchev–Trinajstić information content (AvgIpc) is 3.59. The standard InChI is InChI=1S/C16H21N8O14P3S/c1-5-2-7(23-22-5)19-12(25)15-35-9-6(3-33-40(29,30)38-41(31,32)37-39(26,27)28)34-14(10(9)36-15)24-4-18-8-11(24)20-16(17)21-13(8)42/h2,4,6,9-10,14-15H,3H2,1H3,(H,29,30)(H,31,32)(H2,26,27,28)(H3,17,20,21,42)(H2,19,22,23,25)/p-3/t6?,9?,10?,14?,15-/m1/s1. The Balaban J connectivity index is 1.38. The van der Waals surface area contributed by atoms with Crippen LogP contribution >= 0.6 is 35.7 Å². The Morgan fingerprint density at radius 2 is 1.93 bits per heavy atom. The molecule has 0 aromatic carbocycles. The highest BCUT2D eigenvalue weighted by molar-refractivity contribution is 7.71. The van der Waals surface area contributed by atoms with Crippen LogP contribution < -0.4 is 25.7 Å². The zero-order chi connectivity index (χ0) is 30.6. The van der Waals surface area contributed by atoms with Crippen molar-refractivity contribution in [2.75, 3.05) is 17.7 Å². The summed E-state index contributed by atoms with van der Waals surface area (Å²) in [6.45, 7) is 0.708. The van der Waals surface area contributed by atoms with Gasteiger partial charge in [-0.05, 0) is 6.92 Å². The minimum Gasteiger partial charge on any atom is -0.756 e. The van der Waals surface area contributed by atoms with Crippen LogP contribution in [0, 0.1) is 11.6 Å². The molecule has 1 amide bonds. The number of nitrogens with one attached hydrogen (secondary N) is 3. The van der Waals surface area contributed by atoms with Crippen LogP contribution in [0.15, 0.2) is 12.4 Å². The van der Waals surface area contributed by atoms with Crippen molar-refractivity contribution in [3.8, 4) is 0 Å². The third kappa shape index (κ3) is 6.85. The number of nitrogens with zero attached hydrogens (tertiary/aromatic N) is 4. The van der Waals surface area contributed by atoms with Gasteiger partial charge in [-0.1, -0.05) is 12.2 Å². The van der Waals surface area contributed by atoms with Gasteiger partial charge < -0.3 is 54.3 Å². The Morgan fingerprint density at radius 1 is 1.21 bits per heavy atom. The molecule has 0 saturated carbocycles. The van der Waals surface area contributed by atoms with E-state index in [0.29, 0.717) is 5.69 Å². The van der Waals surface area contributed by atoms with Crippen LogP contribution in [-0.2, 0) is 45.8 Å². The zero-order valence-corrected chi connectivity index (χ0v) is 24.1. The lowest BCUT2D eigenvalue weighted by Crippen LogP contribution is -2.34. The number of hydrogen-bond donors (Lipinski definition) is 5. The first kappa shape index (κ1) is 31.0. The molecule has 3 aromatic rings. The van der Waals surface area contributed by atoms with Gasteiger partial charge in [0.25, 0.3) is 29.4 Å². The summed E-state index contributed by atoms with van der Waals surface area (Å²) in [6, 6.07) is 1.53. The lowest BCUT2D eigenvalue weighted by molar-refractivity contribution is -0.250. The number of amides is 1. The molecular formula is C16H18N8O14P3S-3. The zero-order valence-electron chi connectivity index (χ0n) is 20.6. The van der Waals surface area contributed by atoms with Crippen LogP contribution in [0.3, 0.4) is 0 Å². The number of aromatic nitrogens is 6. The molecule has 7 unspecified atom stereocenters. The first-order valence-electron chi connectivity index (χ1n) is 11.2. The normalized spacial score (nSPS) is 28.2. The number of aryl methyl sites for hydroxylation is 1. The summed E-state index contributed by atoms with van der Waals surface area (Å²) in [4.78, 5) is 66.5. The van der Waals surface area contributed by atoms with E-state index < -0.39 is 66.8 Å². The number of ether oxygens (including phenoxy) is 3. The van der Waals surface area contributed by atoms with Crippen LogP contribution in [-0.4, -0.2) is 71.7 Å². The third-order valence-corrected chi connectivity index (χ3v) is 9.53. The van der Waals surface area contributed by atoms with Crippen LogP contribution in [0.4, 0.5) is 11.8 Å². The number of rotatable bonds is 10. The molecule has 6 N–H and O–H groups in total. The minimum absolute atomic E-state index is 0.0452. The second kappa shape index (κ2) is 11.2. The van der Waals surface area contributed by atoms with Gasteiger partial charge >= 0.3 is 0 Å². The summed E-state index contributed by atoms with van der Waals surface area (Å²) in [5, 5.41) is 8.99. The number of aromatic amines is 2. The van der Waals surface area contributed by atoms with Crippen LogP contribution in [0.2, 0.25) is 0 Å². The summed E-state index contributed by atoms with van der Waals surface area (Å²) in [5.41, 5.74) is 6.84. The maximum absolute atomic E-state index is 12.8. The van der Waals surface area contributed by atoms with E-state index in [1.165, 1.54) is 17.0 Å². The largest absolute Gasteiger partial charge is 0.756 e. The number of phosphoric acid groups is 3. The van der Waals surface area contributed by atoms with Crippen molar-refractivity contribution in [1.29, 1.82) is 0 Å². The second-order valence-electron chi connectivity index (χ2n) is 8.62. The smallest absolute Gasteiger partial charge is 0.282 e. The summed E-state index contributed by atoms with van der Waals surface area (Å²) in [7, 11) is -17.9. The van der Waals surface area contributed by atoms with Gasteiger partial charge in [0.05, 0.1) is 12.9 Å². The third-order valence-electron chi connectivity index (χ3n) is 5.56. The topological polar surface area (TPSA) is 326 Å². The maximum Gasteiger partial charge on any atom is 0.282 e. The van der Waals surface area contributed by atoms with E-state index in [1.54, 1.807) is 6.92 Å². The van der Waals surface area contributed by atoms with Crippen LogP contribution in [0.25, 0.3) is 11.2 Å². The van der Waals surface area contributed by atoms with Gasteiger partial charge in [0, 0.05) is 11.8 Å². The molecule has 3 aromatic heterocycles. The molecule has 0 spiro atoms. The molecule has 2 aliphatic rings. The molecule has 2 aliphatic heterocycles. The van der Waals surface area contributed by atoms with Gasteiger partial charge in [0.2, 0.25) is 6.29 Å². The van der Waals surface area contributed by atoms with E-state index in [4.69, 9.17) is 37.1 Å². The number of fused-ring (bicyclic) bond motifs is 2. The number of carbonyl (C=O) groups is 1. The highest BCUT2D eigenvalue weighted by atomic mass is 32.1. The molecule has 0 radical (unpaired) electrons. The van der Waals surface area contributed by atoms with Crippen molar-refractivity contribution in [2.45, 2.75) is 37.8 Å². The molecule has 22 nitrogen and oxygen atoms in total. The molecule has 0 bridgehead atoms. The highest BCUT2D eigenvalue weighted by Gasteiger charge is 2.55. The first-order chi connectivity index (χ1) is 19.5. The number of nitrogens with two attached hydrogens (primary N) is 1. The Hall–Kier alpha value is -2.46. The van der Waals surface area contributed by atoms with Gasteiger partial charge in [0.15, 0.2) is 22.6 Å². The van der Waals surface area contributed by atoms with E-state index in [1.807, 2.05) is 0 Å². The first-order valence-corrected chi connectivity index (χ1v) is 16.1. The monoisotopic (exact) mass is 671 g/mol. The van der Waals surface area contributed by atoms with Crippen molar-refractivity contribution >= 4 is 64.5 Å². The lowest BCUT2D eigenvalue weighted by atomic mass is 10.1. The summed E-state index contributed by atoms with van der Waals surface area (Å²) in [5.74, 6) is -0.700. The second-order valence-corrected chi connectivity index (χ2v) is 13.3. The van der Waals surface area contributed by atoms with Crippen molar-refractivity contribution in [1.82, 2.24) is 29.7 Å². The van der Waals surface area contributed by atoms with Gasteiger partial charge in [-0.3, -0.25) is 28.2 Å². The van der Waals surface area contributed by atoms with Crippen molar-refractivity contribution in [3.63, 3.8) is 0 Å². The van der Waals surface area contributed by atoms with E-state index in [2.05, 4.69) is 43.6 Å². The van der Waals surface area contributed by atoms with E-state index in [9.17, 15) is 33.2 Å². The van der Waals surface area contributed by atoms with Crippen molar-refractivity contribution in [3.05, 3.63) is 22.7 Å². The van der Waals surface area contributed by atoms with Crippen molar-refractivity contribution in [2.24, 2.45) is 0 Å². The number of imidazole rings is 1. The molecule has 42 heavy (non-hydrogen) atoms. The maximum atomic E-state index is 12.8. The molecule has 2 fully saturated rings. The summed E-state index contributed by atoms with van der Waals surface area (Å²) < 4.78 is 64.5. The molecule has 5 rings (SSSR count). The number of carbonyl (C=O) groups excluding carboxylic acids is 1. The van der Waals surface area contributed by atoms with E-state index in [0.717, 1.165) is 0 Å². The molecule has 8 atom stereocenters. The number of nitrogen functional groups attached to an aromatic ring is 1. The fraction of sp³-hybridized carbons (Fsp3) is 0.438. The molecule has 2 saturated heterocycles. The Labute approximate surface area is 237 Å². The Bertz CT molecular complexity index is 1720. The molecule has 5 heterocycles. The molecule has 26 heteroatoms. The fourth-order valence-electron chi connectivity index (χ4n) is 4.08. The number of hydrogen-bond acceptors (Lipinski definition) is 18. The number of anilines is 2. The Morgan fingerprint density at radius 3 is 2.60 bits per heavy atom. The highest BCUT2D eigenvalue weighted by Crippen LogP contribution is 2.61. The number of phosphoric ester groups is 1. The molecule has 0 aliphatic carbocycles. The van der Waals surface area contributed by atoms with Gasteiger partial charge in [-0.25, -0.2) is 18.6 Å². The van der Waals surface area contributed by atoms with Crippen molar-refractivity contribution < 1.29 is 65.4 Å². The summed E-state index contributed by atoms with van der Waals surface area (Å²) >= 11 is 5.17. The van der Waals surface area contributed by atoms with Gasteiger partial charge in [-0.2, -0.15) is 5.10 Å². The molecule has 230 valence electrons. The Kier molecular flexibility index (Phi) is 8.28.